The van der Waals surface area contributed by atoms with Crippen molar-refractivity contribution < 1.29 is 0 Å². The quantitative estimate of drug-likeness (QED) is 0.865. The number of rotatable bonds is 3. The molecule has 1 heterocycles. The van der Waals surface area contributed by atoms with E-state index in [0.29, 0.717) is 6.04 Å². The van der Waals surface area contributed by atoms with E-state index in [2.05, 4.69) is 51.8 Å². The van der Waals surface area contributed by atoms with Gasteiger partial charge in [-0.25, -0.2) is 0 Å². The molecule has 2 nitrogen and oxygen atoms in total. The second-order valence-corrected chi connectivity index (χ2v) is 4.94. The summed E-state index contributed by atoms with van der Waals surface area (Å²) >= 11 is 2.35. The standard InChI is InChI=1S/C11H15IN2/c12-10-4-1-3-9(7-10)11(8-13)14-5-2-6-14/h1,3-4,7,11H,2,5-6,8,13H2. The van der Waals surface area contributed by atoms with Crippen LogP contribution < -0.4 is 5.73 Å². The summed E-state index contributed by atoms with van der Waals surface area (Å²) in [5.41, 5.74) is 7.18. The lowest BCUT2D eigenvalue weighted by Gasteiger charge is -2.38. The molecule has 0 amide bonds. The van der Waals surface area contributed by atoms with Gasteiger partial charge in [0, 0.05) is 29.2 Å². The lowest BCUT2D eigenvalue weighted by atomic mass is 10.0. The van der Waals surface area contributed by atoms with Crippen LogP contribution >= 0.6 is 22.6 Å². The molecule has 1 aromatic rings. The van der Waals surface area contributed by atoms with E-state index in [-0.39, 0.29) is 0 Å². The molecule has 2 N–H and O–H groups in total. The minimum absolute atomic E-state index is 0.429. The highest BCUT2D eigenvalue weighted by Gasteiger charge is 2.23. The van der Waals surface area contributed by atoms with Crippen molar-refractivity contribution >= 4 is 22.6 Å². The van der Waals surface area contributed by atoms with Gasteiger partial charge in [0.25, 0.3) is 0 Å². The largest absolute Gasteiger partial charge is 0.329 e. The summed E-state index contributed by atoms with van der Waals surface area (Å²) in [4.78, 5) is 2.45. The van der Waals surface area contributed by atoms with Crippen LogP contribution in [0.15, 0.2) is 24.3 Å². The summed E-state index contributed by atoms with van der Waals surface area (Å²) in [6.45, 7) is 3.13. The summed E-state index contributed by atoms with van der Waals surface area (Å²) in [5.74, 6) is 0. The fourth-order valence-electron chi connectivity index (χ4n) is 1.86. The van der Waals surface area contributed by atoms with Crippen LogP contribution in [0.5, 0.6) is 0 Å². The average Bonchev–Trinajstić information content (AvgIpc) is 2.10. The van der Waals surface area contributed by atoms with Crippen LogP contribution in [0.2, 0.25) is 0 Å². The van der Waals surface area contributed by atoms with Gasteiger partial charge in [-0.1, -0.05) is 12.1 Å². The summed E-state index contributed by atoms with van der Waals surface area (Å²) in [5, 5.41) is 0. The third-order valence-corrected chi connectivity index (χ3v) is 3.46. The van der Waals surface area contributed by atoms with Gasteiger partial charge in [-0.05, 0) is 46.7 Å². The van der Waals surface area contributed by atoms with Crippen molar-refractivity contribution in [2.75, 3.05) is 19.6 Å². The zero-order valence-electron chi connectivity index (χ0n) is 8.12. The molecule has 3 heteroatoms. The van der Waals surface area contributed by atoms with Crippen LogP contribution in [-0.4, -0.2) is 24.5 Å². The molecule has 1 aromatic carbocycles. The molecule has 1 fully saturated rings. The lowest BCUT2D eigenvalue weighted by molar-refractivity contribution is 0.122. The number of hydrogen-bond acceptors (Lipinski definition) is 2. The molecule has 0 aromatic heterocycles. The Bertz CT molecular complexity index is 310. The van der Waals surface area contributed by atoms with E-state index < -0.39 is 0 Å². The highest BCUT2D eigenvalue weighted by molar-refractivity contribution is 14.1. The van der Waals surface area contributed by atoms with Crippen LogP contribution in [0.25, 0.3) is 0 Å². The van der Waals surface area contributed by atoms with Crippen LogP contribution in [0.4, 0.5) is 0 Å². The van der Waals surface area contributed by atoms with Gasteiger partial charge >= 0.3 is 0 Å². The van der Waals surface area contributed by atoms with Gasteiger partial charge < -0.3 is 5.73 Å². The zero-order valence-corrected chi connectivity index (χ0v) is 10.3. The van der Waals surface area contributed by atoms with E-state index in [1.807, 2.05) is 0 Å². The predicted molar refractivity (Wildman–Crippen MR) is 67.1 cm³/mol. The molecule has 1 aliphatic heterocycles. The maximum atomic E-state index is 5.82. The second kappa shape index (κ2) is 4.59. The molecule has 0 bridgehead atoms. The number of nitrogens with zero attached hydrogens (tertiary/aromatic N) is 1. The van der Waals surface area contributed by atoms with E-state index in [0.717, 1.165) is 6.54 Å². The van der Waals surface area contributed by atoms with Crippen LogP contribution in [0.3, 0.4) is 0 Å². The lowest BCUT2D eigenvalue weighted by Crippen LogP contribution is -2.43. The average molecular weight is 302 g/mol. The third kappa shape index (κ3) is 2.10. The first-order valence-electron chi connectivity index (χ1n) is 5.01. The van der Waals surface area contributed by atoms with Crippen molar-refractivity contribution in [2.24, 2.45) is 5.73 Å². The van der Waals surface area contributed by atoms with Gasteiger partial charge in [0.15, 0.2) is 0 Å². The zero-order chi connectivity index (χ0) is 9.97. The molecule has 0 aliphatic carbocycles. The maximum Gasteiger partial charge on any atom is 0.0470 e. The Morgan fingerprint density at radius 2 is 2.21 bits per heavy atom. The van der Waals surface area contributed by atoms with E-state index in [1.165, 1.54) is 28.6 Å². The van der Waals surface area contributed by atoms with E-state index >= 15 is 0 Å². The topological polar surface area (TPSA) is 29.3 Å². The predicted octanol–water partition coefficient (Wildman–Crippen LogP) is 2.00. The van der Waals surface area contributed by atoms with Crippen LogP contribution in [0.1, 0.15) is 18.0 Å². The number of benzene rings is 1. The third-order valence-electron chi connectivity index (χ3n) is 2.79. The Morgan fingerprint density at radius 1 is 1.43 bits per heavy atom. The molecule has 0 saturated carbocycles. The number of hydrogen-bond donors (Lipinski definition) is 1. The minimum Gasteiger partial charge on any atom is -0.329 e. The van der Waals surface area contributed by atoms with E-state index in [1.54, 1.807) is 0 Å². The van der Waals surface area contributed by atoms with E-state index in [9.17, 15) is 0 Å². The van der Waals surface area contributed by atoms with Crippen LogP contribution in [0, 0.1) is 3.57 Å². The SMILES string of the molecule is NCC(c1cccc(I)c1)N1CCC1. The molecule has 1 atom stereocenters. The van der Waals surface area contributed by atoms with Gasteiger partial charge in [-0.15, -0.1) is 0 Å². The van der Waals surface area contributed by atoms with Crippen molar-refractivity contribution in [3.63, 3.8) is 0 Å². The van der Waals surface area contributed by atoms with Crippen molar-refractivity contribution in [2.45, 2.75) is 12.5 Å². The molecule has 14 heavy (non-hydrogen) atoms. The molecule has 2 rings (SSSR count). The van der Waals surface area contributed by atoms with Gasteiger partial charge in [-0.3, -0.25) is 4.90 Å². The number of likely N-dealkylation sites (tertiary alicyclic amines) is 1. The Hall–Kier alpha value is -0.130. The number of nitrogens with two attached hydrogens (primary N) is 1. The molecule has 76 valence electrons. The Morgan fingerprint density at radius 3 is 2.71 bits per heavy atom. The fourth-order valence-corrected chi connectivity index (χ4v) is 2.43. The van der Waals surface area contributed by atoms with E-state index in [4.69, 9.17) is 5.73 Å². The monoisotopic (exact) mass is 302 g/mol. The highest BCUT2D eigenvalue weighted by atomic mass is 127. The van der Waals surface area contributed by atoms with Gasteiger partial charge in [-0.2, -0.15) is 0 Å². The maximum absolute atomic E-state index is 5.82. The summed E-state index contributed by atoms with van der Waals surface area (Å²) < 4.78 is 1.29. The minimum atomic E-state index is 0.429. The van der Waals surface area contributed by atoms with Crippen molar-refractivity contribution in [3.05, 3.63) is 33.4 Å². The van der Waals surface area contributed by atoms with Crippen LogP contribution in [-0.2, 0) is 0 Å². The second-order valence-electron chi connectivity index (χ2n) is 3.70. The van der Waals surface area contributed by atoms with Gasteiger partial charge in [0.1, 0.15) is 0 Å². The van der Waals surface area contributed by atoms with Gasteiger partial charge in [0.2, 0.25) is 0 Å². The first kappa shape index (κ1) is 10.4. The van der Waals surface area contributed by atoms with Crippen molar-refractivity contribution in [1.82, 2.24) is 4.90 Å². The smallest absolute Gasteiger partial charge is 0.0470 e. The molecule has 1 aliphatic rings. The number of halogens is 1. The summed E-state index contributed by atoms with van der Waals surface area (Å²) in [6, 6.07) is 9.07. The Balaban J connectivity index is 2.17. The molecule has 0 spiro atoms. The first-order valence-corrected chi connectivity index (χ1v) is 6.08. The molecule has 0 radical (unpaired) electrons. The normalized spacial score (nSPS) is 19.0. The molecular weight excluding hydrogens is 287 g/mol. The summed E-state index contributed by atoms with van der Waals surface area (Å²) in [7, 11) is 0. The summed E-state index contributed by atoms with van der Waals surface area (Å²) in [6.07, 6.45) is 1.32. The molecular formula is C11H15IN2. The molecule has 1 unspecified atom stereocenters. The fraction of sp³-hybridized carbons (Fsp3) is 0.455. The van der Waals surface area contributed by atoms with Crippen molar-refractivity contribution in [1.29, 1.82) is 0 Å². The van der Waals surface area contributed by atoms with Crippen molar-refractivity contribution in [3.8, 4) is 0 Å². The molecule has 1 saturated heterocycles. The Kier molecular flexibility index (Phi) is 3.41. The highest BCUT2D eigenvalue weighted by Crippen LogP contribution is 2.25. The van der Waals surface area contributed by atoms with Gasteiger partial charge in [0.05, 0.1) is 0 Å². The first-order chi connectivity index (χ1) is 6.81. The Labute approximate surface area is 98.6 Å².